The molecule has 2 N–H and O–H groups in total. The zero-order chi connectivity index (χ0) is 17.9. The lowest BCUT2D eigenvalue weighted by Gasteiger charge is -2.23. The van der Waals surface area contributed by atoms with Crippen molar-refractivity contribution in [2.45, 2.75) is 38.4 Å². The monoisotopic (exact) mass is 351 g/mol. The number of nitrogens with zero attached hydrogens (tertiary/aromatic N) is 1. The van der Waals surface area contributed by atoms with Gasteiger partial charge in [0.05, 0.1) is 31.0 Å². The molecule has 0 spiro atoms. The molecule has 2 amide bonds. The van der Waals surface area contributed by atoms with E-state index in [-0.39, 0.29) is 30.3 Å². The number of fused-ring (bicyclic) bond motifs is 1. The second-order valence-electron chi connectivity index (χ2n) is 6.80. The first-order valence-electron chi connectivity index (χ1n) is 8.95. The van der Waals surface area contributed by atoms with Crippen LogP contribution >= 0.6 is 0 Å². The molecule has 2 aromatic rings. The summed E-state index contributed by atoms with van der Waals surface area (Å²) in [5.74, 6) is 0.490. The van der Waals surface area contributed by atoms with Gasteiger partial charge in [-0.15, -0.1) is 0 Å². The Morgan fingerprint density at radius 1 is 1.12 bits per heavy atom. The maximum Gasteiger partial charge on any atom is 0.228 e. The van der Waals surface area contributed by atoms with E-state index in [0.717, 1.165) is 30.4 Å². The average molecular weight is 351 g/mol. The van der Waals surface area contributed by atoms with Crippen molar-refractivity contribution in [3.8, 4) is 0 Å². The third kappa shape index (κ3) is 3.60. The van der Waals surface area contributed by atoms with Crippen molar-refractivity contribution in [3.05, 3.63) is 53.7 Å². The molecule has 1 unspecified atom stereocenters. The third-order valence-corrected chi connectivity index (χ3v) is 4.99. The number of anilines is 2. The van der Waals surface area contributed by atoms with Gasteiger partial charge in [0.2, 0.25) is 11.8 Å². The number of nitrogens with one attached hydrogen (secondary N) is 2. The number of rotatable bonds is 5. The zero-order valence-electron chi connectivity index (χ0n) is 14.4. The molecule has 134 valence electrons. The molecule has 4 rings (SSSR count). The van der Waals surface area contributed by atoms with E-state index in [2.05, 4.69) is 15.6 Å². The lowest BCUT2D eigenvalue weighted by molar-refractivity contribution is -0.122. The van der Waals surface area contributed by atoms with Gasteiger partial charge >= 0.3 is 0 Å². The van der Waals surface area contributed by atoms with E-state index >= 15 is 0 Å². The molecular formula is C20H21N3O3. The summed E-state index contributed by atoms with van der Waals surface area (Å²) in [7, 11) is 0. The van der Waals surface area contributed by atoms with Crippen LogP contribution in [0.15, 0.2) is 42.6 Å². The summed E-state index contributed by atoms with van der Waals surface area (Å²) in [5, 5.41) is 5.64. The van der Waals surface area contributed by atoms with Gasteiger partial charge in [0.25, 0.3) is 0 Å². The first-order chi connectivity index (χ1) is 12.7. The summed E-state index contributed by atoms with van der Waals surface area (Å²) < 4.78 is 5.70. The van der Waals surface area contributed by atoms with E-state index in [1.54, 1.807) is 18.3 Å². The number of hydrogen-bond donors (Lipinski definition) is 2. The molecule has 0 bridgehead atoms. The van der Waals surface area contributed by atoms with Crippen LogP contribution in [0.1, 0.15) is 42.9 Å². The molecule has 1 atom stereocenters. The fourth-order valence-corrected chi connectivity index (χ4v) is 3.25. The van der Waals surface area contributed by atoms with E-state index < -0.39 is 0 Å². The maximum atomic E-state index is 12.3. The van der Waals surface area contributed by atoms with Crippen molar-refractivity contribution in [2.75, 3.05) is 10.6 Å². The lowest BCUT2D eigenvalue weighted by atomic mass is 9.85. The van der Waals surface area contributed by atoms with Crippen molar-refractivity contribution in [1.29, 1.82) is 0 Å². The van der Waals surface area contributed by atoms with E-state index in [9.17, 15) is 9.59 Å². The number of carbonyl (C=O) groups is 2. The molecule has 0 radical (unpaired) electrons. The van der Waals surface area contributed by atoms with Gasteiger partial charge in [-0.25, -0.2) is 4.98 Å². The zero-order valence-corrected chi connectivity index (χ0v) is 14.4. The largest absolute Gasteiger partial charge is 0.368 e. The molecule has 1 aliphatic carbocycles. The summed E-state index contributed by atoms with van der Waals surface area (Å²) in [6.07, 6.45) is 4.63. The van der Waals surface area contributed by atoms with Gasteiger partial charge < -0.3 is 15.4 Å². The van der Waals surface area contributed by atoms with E-state index in [1.807, 2.05) is 24.3 Å². The van der Waals surface area contributed by atoms with Crippen molar-refractivity contribution >= 4 is 23.3 Å². The van der Waals surface area contributed by atoms with Crippen LogP contribution in [0.25, 0.3) is 0 Å². The van der Waals surface area contributed by atoms with Crippen molar-refractivity contribution < 1.29 is 14.3 Å². The fraction of sp³-hybridized carbons (Fsp3) is 0.350. The predicted molar refractivity (Wildman–Crippen MR) is 97.4 cm³/mol. The molecule has 6 heteroatoms. The summed E-state index contributed by atoms with van der Waals surface area (Å²) in [5.41, 5.74) is 2.85. The Morgan fingerprint density at radius 2 is 1.96 bits per heavy atom. The molecule has 2 aliphatic rings. The predicted octanol–water partition coefficient (Wildman–Crippen LogP) is 3.42. The van der Waals surface area contributed by atoms with E-state index in [1.165, 1.54) is 0 Å². The highest BCUT2D eigenvalue weighted by Gasteiger charge is 2.26. The molecule has 1 aliphatic heterocycles. The van der Waals surface area contributed by atoms with Gasteiger partial charge in [0, 0.05) is 5.92 Å². The Bertz CT molecular complexity index is 815. The van der Waals surface area contributed by atoms with Gasteiger partial charge in [-0.3, -0.25) is 9.59 Å². The first kappa shape index (κ1) is 16.7. The van der Waals surface area contributed by atoms with E-state index in [0.29, 0.717) is 18.1 Å². The standard InChI is InChI=1S/C20H21N3O3/c24-19(10-17-16-7-2-1-4-14(16)12-26-17)23-18-9-8-15(11-21-18)22-20(25)13-5-3-6-13/h1-2,4,7-9,11,13,17H,3,5-6,10,12H2,(H,22,25)(H,21,23,24). The van der Waals surface area contributed by atoms with Crippen LogP contribution in [0.3, 0.4) is 0 Å². The number of aromatic nitrogens is 1. The first-order valence-corrected chi connectivity index (χ1v) is 8.95. The van der Waals surface area contributed by atoms with Crippen molar-refractivity contribution in [2.24, 2.45) is 5.92 Å². The van der Waals surface area contributed by atoms with Crippen LogP contribution in [-0.2, 0) is 20.9 Å². The average Bonchev–Trinajstić information content (AvgIpc) is 2.98. The highest BCUT2D eigenvalue weighted by Crippen LogP contribution is 2.33. The van der Waals surface area contributed by atoms with Crippen molar-refractivity contribution in [1.82, 2.24) is 4.98 Å². The Morgan fingerprint density at radius 3 is 2.69 bits per heavy atom. The number of pyridine rings is 1. The molecule has 1 aromatic carbocycles. The fourth-order valence-electron chi connectivity index (χ4n) is 3.25. The smallest absolute Gasteiger partial charge is 0.228 e. The van der Waals surface area contributed by atoms with Crippen LogP contribution in [0.5, 0.6) is 0 Å². The number of benzene rings is 1. The van der Waals surface area contributed by atoms with Crippen LogP contribution in [0.4, 0.5) is 11.5 Å². The normalized spacial score (nSPS) is 18.7. The van der Waals surface area contributed by atoms with Gasteiger partial charge in [-0.05, 0) is 36.1 Å². The van der Waals surface area contributed by atoms with E-state index in [4.69, 9.17) is 4.74 Å². The number of ether oxygens (including phenoxy) is 1. The SMILES string of the molecule is O=C(CC1OCc2ccccc21)Nc1ccc(NC(=O)C2CCC2)cn1. The Kier molecular flexibility index (Phi) is 4.67. The Balaban J connectivity index is 1.31. The van der Waals surface area contributed by atoms with Crippen molar-refractivity contribution in [3.63, 3.8) is 0 Å². The van der Waals surface area contributed by atoms with Gasteiger partial charge in [-0.1, -0.05) is 30.7 Å². The topological polar surface area (TPSA) is 80.3 Å². The third-order valence-electron chi connectivity index (χ3n) is 4.99. The molecular weight excluding hydrogens is 330 g/mol. The minimum atomic E-state index is -0.216. The van der Waals surface area contributed by atoms with Crippen LogP contribution in [0.2, 0.25) is 0 Å². The number of amides is 2. The molecule has 6 nitrogen and oxygen atoms in total. The minimum Gasteiger partial charge on any atom is -0.368 e. The summed E-state index contributed by atoms with van der Waals surface area (Å²) in [4.78, 5) is 28.4. The summed E-state index contributed by atoms with van der Waals surface area (Å²) >= 11 is 0. The van der Waals surface area contributed by atoms with Gasteiger partial charge in [-0.2, -0.15) is 0 Å². The second-order valence-corrected chi connectivity index (χ2v) is 6.80. The van der Waals surface area contributed by atoms with Gasteiger partial charge in [0.1, 0.15) is 5.82 Å². The summed E-state index contributed by atoms with van der Waals surface area (Å²) in [6.45, 7) is 0.543. The maximum absolute atomic E-state index is 12.3. The molecule has 1 saturated carbocycles. The van der Waals surface area contributed by atoms with Crippen LogP contribution in [0, 0.1) is 5.92 Å². The molecule has 26 heavy (non-hydrogen) atoms. The van der Waals surface area contributed by atoms with Crippen LogP contribution < -0.4 is 10.6 Å². The Labute approximate surface area is 152 Å². The number of carbonyl (C=O) groups excluding carboxylic acids is 2. The molecule has 1 fully saturated rings. The lowest BCUT2D eigenvalue weighted by Crippen LogP contribution is -2.28. The highest BCUT2D eigenvalue weighted by atomic mass is 16.5. The second kappa shape index (κ2) is 7.25. The van der Waals surface area contributed by atoms with Crippen LogP contribution in [-0.4, -0.2) is 16.8 Å². The number of hydrogen-bond acceptors (Lipinski definition) is 4. The van der Waals surface area contributed by atoms with Gasteiger partial charge in [0.15, 0.2) is 0 Å². The highest BCUT2D eigenvalue weighted by molar-refractivity contribution is 5.93. The summed E-state index contributed by atoms with van der Waals surface area (Å²) in [6, 6.07) is 11.4. The molecule has 1 aromatic heterocycles. The minimum absolute atomic E-state index is 0.0480. The molecule has 0 saturated heterocycles. The molecule has 2 heterocycles. The Hall–Kier alpha value is -2.73. The quantitative estimate of drug-likeness (QED) is 0.865.